The topological polar surface area (TPSA) is 108 Å². The molecular formula is C46H87NO8P+. The fourth-order valence-corrected chi connectivity index (χ4v) is 6.78. The van der Waals surface area contributed by atoms with Gasteiger partial charge < -0.3 is 18.9 Å². The average Bonchev–Trinajstić information content (AvgIpc) is 3.15. The van der Waals surface area contributed by atoms with Crippen LogP contribution >= 0.6 is 7.82 Å². The lowest BCUT2D eigenvalue weighted by molar-refractivity contribution is -0.870. The number of carbonyl (C=O) groups excluding carboxylic acids is 2. The second kappa shape index (κ2) is 38.7. The maximum absolute atomic E-state index is 12.7. The van der Waals surface area contributed by atoms with Gasteiger partial charge in [0.1, 0.15) is 19.8 Å². The number of carbonyl (C=O) groups is 2. The highest BCUT2D eigenvalue weighted by Gasteiger charge is 2.27. The molecule has 10 heteroatoms. The van der Waals surface area contributed by atoms with Crippen LogP contribution < -0.4 is 0 Å². The van der Waals surface area contributed by atoms with Crippen molar-refractivity contribution in [3.8, 4) is 0 Å². The van der Waals surface area contributed by atoms with Crippen molar-refractivity contribution in [2.24, 2.45) is 0 Å². The number of unbranched alkanes of at least 4 members (excludes halogenated alkanes) is 21. The summed E-state index contributed by atoms with van der Waals surface area (Å²) in [5.74, 6) is -0.817. The Hall–Kier alpha value is -1.77. The molecule has 0 rings (SSSR count). The van der Waals surface area contributed by atoms with Crippen molar-refractivity contribution < 1.29 is 42.1 Å². The number of hydrogen-bond acceptors (Lipinski definition) is 7. The fraction of sp³-hybridized carbons (Fsp3) is 0.826. The summed E-state index contributed by atoms with van der Waals surface area (Å²) < 4.78 is 34.3. The van der Waals surface area contributed by atoms with Crippen molar-refractivity contribution >= 4 is 19.8 Å². The molecule has 0 aromatic carbocycles. The van der Waals surface area contributed by atoms with Crippen molar-refractivity contribution in [1.82, 2.24) is 0 Å². The van der Waals surface area contributed by atoms with E-state index in [1.807, 2.05) is 21.1 Å². The van der Waals surface area contributed by atoms with E-state index in [-0.39, 0.29) is 32.0 Å². The second-order valence-electron chi connectivity index (χ2n) is 16.4. The molecule has 0 radical (unpaired) electrons. The van der Waals surface area contributed by atoms with Crippen LogP contribution in [0, 0.1) is 0 Å². The highest BCUT2D eigenvalue weighted by molar-refractivity contribution is 7.47. The molecule has 0 spiro atoms. The number of ether oxygens (including phenoxy) is 2. The molecule has 0 aromatic heterocycles. The van der Waals surface area contributed by atoms with Crippen molar-refractivity contribution in [2.45, 2.75) is 200 Å². The molecule has 2 atom stereocenters. The highest BCUT2D eigenvalue weighted by Crippen LogP contribution is 2.43. The molecule has 0 aliphatic carbocycles. The summed E-state index contributed by atoms with van der Waals surface area (Å²) in [6, 6.07) is 0. The SMILES string of the molecule is CCCCC/C=C\C/C=C\CCCCCCCC(=O)OC(COC(=O)CCCCCCCCC/C=C\CCCCCCCC)COP(=O)(O)OCC[N+](C)(C)C. The van der Waals surface area contributed by atoms with Crippen LogP contribution in [-0.2, 0) is 32.7 Å². The monoisotopic (exact) mass is 813 g/mol. The van der Waals surface area contributed by atoms with Gasteiger partial charge in [-0.3, -0.25) is 18.6 Å². The lowest BCUT2D eigenvalue weighted by Crippen LogP contribution is -2.37. The van der Waals surface area contributed by atoms with Gasteiger partial charge in [-0.2, -0.15) is 0 Å². The van der Waals surface area contributed by atoms with E-state index in [0.717, 1.165) is 57.8 Å². The normalized spacial score (nSPS) is 13.9. The molecule has 1 N–H and O–H groups in total. The van der Waals surface area contributed by atoms with Gasteiger partial charge in [-0.1, -0.05) is 147 Å². The highest BCUT2D eigenvalue weighted by atomic mass is 31.2. The third-order valence-electron chi connectivity index (χ3n) is 9.64. The molecule has 0 saturated carbocycles. The van der Waals surface area contributed by atoms with Gasteiger partial charge in [0.25, 0.3) is 0 Å². The van der Waals surface area contributed by atoms with E-state index in [0.29, 0.717) is 17.4 Å². The Balaban J connectivity index is 4.36. The molecule has 0 aromatic rings. The smallest absolute Gasteiger partial charge is 0.462 e. The zero-order chi connectivity index (χ0) is 41.4. The summed E-state index contributed by atoms with van der Waals surface area (Å²) in [4.78, 5) is 35.4. The van der Waals surface area contributed by atoms with E-state index in [4.69, 9.17) is 18.5 Å². The predicted molar refractivity (Wildman–Crippen MR) is 234 cm³/mol. The van der Waals surface area contributed by atoms with E-state index >= 15 is 0 Å². The van der Waals surface area contributed by atoms with Gasteiger partial charge >= 0.3 is 19.8 Å². The summed E-state index contributed by atoms with van der Waals surface area (Å²) in [7, 11) is 1.46. The van der Waals surface area contributed by atoms with Crippen molar-refractivity contribution in [2.75, 3.05) is 47.5 Å². The van der Waals surface area contributed by atoms with Crippen LogP contribution in [0.2, 0.25) is 0 Å². The molecule has 9 nitrogen and oxygen atoms in total. The number of quaternary nitrogens is 1. The van der Waals surface area contributed by atoms with Gasteiger partial charge in [-0.25, -0.2) is 4.57 Å². The molecule has 0 saturated heterocycles. The van der Waals surface area contributed by atoms with Crippen LogP contribution in [0.3, 0.4) is 0 Å². The van der Waals surface area contributed by atoms with Crippen LogP contribution in [0.4, 0.5) is 0 Å². The lowest BCUT2D eigenvalue weighted by Gasteiger charge is -2.24. The Morgan fingerprint density at radius 3 is 1.46 bits per heavy atom. The predicted octanol–water partition coefficient (Wildman–Crippen LogP) is 12.9. The molecule has 56 heavy (non-hydrogen) atoms. The minimum Gasteiger partial charge on any atom is -0.462 e. The Kier molecular flexibility index (Phi) is 37.5. The number of hydrogen-bond donors (Lipinski definition) is 1. The first-order valence-corrected chi connectivity index (χ1v) is 24.2. The molecular weight excluding hydrogens is 725 g/mol. The molecule has 0 amide bonds. The van der Waals surface area contributed by atoms with Crippen LogP contribution in [0.25, 0.3) is 0 Å². The third-order valence-corrected chi connectivity index (χ3v) is 10.6. The molecule has 2 unspecified atom stereocenters. The van der Waals surface area contributed by atoms with Gasteiger partial charge in [-0.05, 0) is 70.6 Å². The summed E-state index contributed by atoms with van der Waals surface area (Å²) in [5.41, 5.74) is 0. The Labute approximate surface area is 344 Å². The summed E-state index contributed by atoms with van der Waals surface area (Å²) in [6.07, 6.45) is 43.3. The van der Waals surface area contributed by atoms with Crippen LogP contribution in [0.15, 0.2) is 36.5 Å². The Bertz CT molecular complexity index is 1050. The maximum atomic E-state index is 12.7. The Morgan fingerprint density at radius 2 is 0.964 bits per heavy atom. The number of phosphoric ester groups is 1. The van der Waals surface area contributed by atoms with Crippen LogP contribution in [0.1, 0.15) is 194 Å². The minimum absolute atomic E-state index is 0.0280. The molecule has 0 heterocycles. The molecule has 0 aliphatic heterocycles. The molecule has 0 aliphatic rings. The number of likely N-dealkylation sites (N-methyl/N-ethyl adjacent to an activating group) is 1. The van der Waals surface area contributed by atoms with E-state index in [2.05, 4.69) is 50.3 Å². The number of allylic oxidation sites excluding steroid dienone is 6. The standard InChI is InChI=1S/C46H86NO8P/c1-6-8-10-12-14-16-18-20-22-23-25-26-28-30-32-34-36-38-45(48)52-42-44(43-54-56(50,51)53-41-40-47(3,4)5)55-46(49)39-37-35-33-31-29-27-24-21-19-17-15-13-11-9-7-2/h15,17,20-22,24,44H,6-14,16,18-19,23,25-43H2,1-5H3/p+1/b17-15-,22-20-,24-21-. The first-order chi connectivity index (χ1) is 27.0. The quantitative estimate of drug-likeness (QED) is 0.0214. The number of esters is 2. The van der Waals surface area contributed by atoms with E-state index in [1.165, 1.54) is 103 Å². The van der Waals surface area contributed by atoms with Gasteiger partial charge in [0.05, 0.1) is 27.7 Å². The first-order valence-electron chi connectivity index (χ1n) is 22.7. The number of nitrogens with zero attached hydrogens (tertiary/aromatic N) is 1. The summed E-state index contributed by atoms with van der Waals surface area (Å²) in [5, 5.41) is 0. The van der Waals surface area contributed by atoms with Crippen molar-refractivity contribution in [1.29, 1.82) is 0 Å². The molecule has 0 fully saturated rings. The van der Waals surface area contributed by atoms with Crippen LogP contribution in [0.5, 0.6) is 0 Å². The van der Waals surface area contributed by atoms with E-state index < -0.39 is 26.5 Å². The number of rotatable bonds is 41. The van der Waals surface area contributed by atoms with Gasteiger partial charge in [0.15, 0.2) is 6.10 Å². The van der Waals surface area contributed by atoms with E-state index in [9.17, 15) is 19.0 Å². The van der Waals surface area contributed by atoms with Gasteiger partial charge in [0.2, 0.25) is 0 Å². The van der Waals surface area contributed by atoms with Crippen LogP contribution in [-0.4, -0.2) is 74.9 Å². The molecule has 0 bridgehead atoms. The van der Waals surface area contributed by atoms with Gasteiger partial charge in [-0.15, -0.1) is 0 Å². The first kappa shape index (κ1) is 54.2. The average molecular weight is 813 g/mol. The fourth-order valence-electron chi connectivity index (χ4n) is 6.04. The summed E-state index contributed by atoms with van der Waals surface area (Å²) in [6.45, 7) is 4.37. The van der Waals surface area contributed by atoms with Crippen molar-refractivity contribution in [3.63, 3.8) is 0 Å². The van der Waals surface area contributed by atoms with Gasteiger partial charge in [0, 0.05) is 12.8 Å². The zero-order valence-corrected chi connectivity index (χ0v) is 37.8. The summed E-state index contributed by atoms with van der Waals surface area (Å²) >= 11 is 0. The largest absolute Gasteiger partial charge is 0.472 e. The van der Waals surface area contributed by atoms with E-state index in [1.54, 1.807) is 0 Å². The zero-order valence-electron chi connectivity index (χ0n) is 36.9. The second-order valence-corrected chi connectivity index (χ2v) is 17.9. The maximum Gasteiger partial charge on any atom is 0.472 e. The van der Waals surface area contributed by atoms with Crippen molar-refractivity contribution in [3.05, 3.63) is 36.5 Å². The lowest BCUT2D eigenvalue weighted by atomic mass is 10.1. The Morgan fingerprint density at radius 1 is 0.554 bits per heavy atom. The minimum atomic E-state index is -4.38. The molecule has 328 valence electrons. The third kappa shape index (κ3) is 41.9. The number of phosphoric acid groups is 1.